The lowest BCUT2D eigenvalue weighted by Crippen LogP contribution is -2.42. The van der Waals surface area contributed by atoms with E-state index in [9.17, 15) is 19.2 Å². The van der Waals surface area contributed by atoms with Gasteiger partial charge in [0.15, 0.2) is 6.61 Å². The number of carbonyl (C=O) groups is 4. The van der Waals surface area contributed by atoms with Gasteiger partial charge in [-0.25, -0.2) is 4.79 Å². The standard InChI is InChI=1S/C19H25N3O5/c1-12(2)9-20-15(23)11-27-16(24)10-22-17(25)19(4,21-18(22)26)14-7-5-13(3)6-8-14/h5-8,12H,9-11H2,1-4H3,(H,20,23)(H,21,26)/t19-/m1/s1. The summed E-state index contributed by atoms with van der Waals surface area (Å²) in [6.45, 7) is 6.85. The lowest BCUT2D eigenvalue weighted by molar-refractivity contribution is -0.151. The summed E-state index contributed by atoms with van der Waals surface area (Å²) in [5.41, 5.74) is 0.394. The lowest BCUT2D eigenvalue weighted by Gasteiger charge is -2.22. The number of urea groups is 1. The molecule has 1 saturated heterocycles. The van der Waals surface area contributed by atoms with Crippen molar-refractivity contribution in [1.82, 2.24) is 15.5 Å². The average molecular weight is 375 g/mol. The minimum atomic E-state index is -1.25. The first-order valence-electron chi connectivity index (χ1n) is 8.77. The summed E-state index contributed by atoms with van der Waals surface area (Å²) in [6.07, 6.45) is 0. The molecule has 0 saturated carbocycles. The van der Waals surface area contributed by atoms with Crippen LogP contribution < -0.4 is 10.6 Å². The fraction of sp³-hybridized carbons (Fsp3) is 0.474. The van der Waals surface area contributed by atoms with Crippen LogP contribution in [-0.4, -0.2) is 48.4 Å². The van der Waals surface area contributed by atoms with E-state index in [1.807, 2.05) is 32.9 Å². The van der Waals surface area contributed by atoms with E-state index in [0.717, 1.165) is 10.5 Å². The minimum absolute atomic E-state index is 0.273. The first kappa shape index (κ1) is 20.4. The molecule has 1 aliphatic heterocycles. The first-order valence-corrected chi connectivity index (χ1v) is 8.77. The lowest BCUT2D eigenvalue weighted by atomic mass is 9.91. The van der Waals surface area contributed by atoms with Gasteiger partial charge in [-0.3, -0.25) is 19.3 Å². The summed E-state index contributed by atoms with van der Waals surface area (Å²) in [5.74, 6) is -1.53. The number of aryl methyl sites for hydroxylation is 1. The van der Waals surface area contributed by atoms with Crippen molar-refractivity contribution < 1.29 is 23.9 Å². The van der Waals surface area contributed by atoms with E-state index in [1.54, 1.807) is 19.1 Å². The second-order valence-corrected chi connectivity index (χ2v) is 7.17. The highest BCUT2D eigenvalue weighted by Crippen LogP contribution is 2.28. The Morgan fingerprint density at radius 2 is 1.85 bits per heavy atom. The summed E-state index contributed by atoms with van der Waals surface area (Å²) in [7, 11) is 0. The third-order valence-electron chi connectivity index (χ3n) is 4.26. The molecule has 146 valence electrons. The van der Waals surface area contributed by atoms with Crippen molar-refractivity contribution in [3.05, 3.63) is 35.4 Å². The van der Waals surface area contributed by atoms with Gasteiger partial charge in [-0.1, -0.05) is 43.7 Å². The zero-order valence-electron chi connectivity index (χ0n) is 16.0. The van der Waals surface area contributed by atoms with Gasteiger partial charge >= 0.3 is 12.0 Å². The number of amides is 4. The van der Waals surface area contributed by atoms with Gasteiger partial charge in [0, 0.05) is 6.54 Å². The van der Waals surface area contributed by atoms with Crippen LogP contribution in [0.1, 0.15) is 31.9 Å². The van der Waals surface area contributed by atoms with Gasteiger partial charge < -0.3 is 15.4 Å². The summed E-state index contributed by atoms with van der Waals surface area (Å²) in [4.78, 5) is 49.3. The predicted octanol–water partition coefficient (Wildman–Crippen LogP) is 1.08. The Morgan fingerprint density at radius 3 is 2.44 bits per heavy atom. The third-order valence-corrected chi connectivity index (χ3v) is 4.26. The number of hydrogen-bond donors (Lipinski definition) is 2. The number of nitrogens with one attached hydrogen (secondary N) is 2. The highest BCUT2D eigenvalue weighted by Gasteiger charge is 2.49. The number of hydrogen-bond acceptors (Lipinski definition) is 5. The molecule has 0 radical (unpaired) electrons. The average Bonchev–Trinajstić information content (AvgIpc) is 2.82. The molecule has 0 bridgehead atoms. The van der Waals surface area contributed by atoms with Crippen LogP contribution in [0.3, 0.4) is 0 Å². The molecule has 1 aromatic carbocycles. The van der Waals surface area contributed by atoms with E-state index in [0.29, 0.717) is 12.1 Å². The van der Waals surface area contributed by atoms with Gasteiger partial charge in [0.1, 0.15) is 12.1 Å². The molecule has 0 aliphatic carbocycles. The fourth-order valence-electron chi connectivity index (χ4n) is 2.61. The predicted molar refractivity (Wildman–Crippen MR) is 97.6 cm³/mol. The summed E-state index contributed by atoms with van der Waals surface area (Å²) < 4.78 is 4.86. The van der Waals surface area contributed by atoms with Crippen molar-refractivity contribution in [1.29, 1.82) is 0 Å². The second kappa shape index (κ2) is 8.20. The molecular formula is C19H25N3O5. The van der Waals surface area contributed by atoms with Gasteiger partial charge in [-0.15, -0.1) is 0 Å². The highest BCUT2D eigenvalue weighted by molar-refractivity contribution is 6.08. The zero-order chi connectivity index (χ0) is 20.2. The van der Waals surface area contributed by atoms with Crippen LogP contribution in [0, 0.1) is 12.8 Å². The molecule has 1 fully saturated rings. The number of imide groups is 1. The molecule has 1 atom stereocenters. The number of ether oxygens (including phenoxy) is 1. The summed E-state index contributed by atoms with van der Waals surface area (Å²) in [5, 5.41) is 5.23. The quantitative estimate of drug-likeness (QED) is 0.548. The van der Waals surface area contributed by atoms with E-state index < -0.39 is 42.5 Å². The van der Waals surface area contributed by atoms with Crippen molar-refractivity contribution in [2.75, 3.05) is 19.7 Å². The van der Waals surface area contributed by atoms with Crippen molar-refractivity contribution in [2.24, 2.45) is 5.92 Å². The fourth-order valence-corrected chi connectivity index (χ4v) is 2.61. The Morgan fingerprint density at radius 1 is 1.22 bits per heavy atom. The molecule has 27 heavy (non-hydrogen) atoms. The molecule has 2 rings (SSSR count). The third kappa shape index (κ3) is 4.84. The summed E-state index contributed by atoms with van der Waals surface area (Å²) in [6, 6.07) is 6.52. The van der Waals surface area contributed by atoms with Gasteiger partial charge in [0.05, 0.1) is 0 Å². The molecule has 4 amide bonds. The van der Waals surface area contributed by atoms with Crippen LogP contribution in [0.4, 0.5) is 4.79 Å². The largest absolute Gasteiger partial charge is 0.454 e. The molecule has 1 aliphatic rings. The van der Waals surface area contributed by atoms with Crippen molar-refractivity contribution in [2.45, 2.75) is 33.2 Å². The van der Waals surface area contributed by atoms with Gasteiger partial charge in [0.2, 0.25) is 0 Å². The molecule has 8 heteroatoms. The molecule has 0 aromatic heterocycles. The van der Waals surface area contributed by atoms with Crippen LogP contribution in [0.2, 0.25) is 0 Å². The Labute approximate surface area is 158 Å². The molecule has 0 unspecified atom stereocenters. The Hall–Kier alpha value is -2.90. The normalized spacial score (nSPS) is 19.2. The van der Waals surface area contributed by atoms with E-state index in [1.165, 1.54) is 0 Å². The van der Waals surface area contributed by atoms with Crippen molar-refractivity contribution >= 4 is 23.8 Å². The van der Waals surface area contributed by atoms with Gasteiger partial charge in [-0.2, -0.15) is 0 Å². The molecular weight excluding hydrogens is 350 g/mol. The smallest absolute Gasteiger partial charge is 0.326 e. The molecule has 2 N–H and O–H groups in total. The van der Waals surface area contributed by atoms with Gasteiger partial charge in [-0.05, 0) is 25.3 Å². The molecule has 8 nitrogen and oxygen atoms in total. The van der Waals surface area contributed by atoms with Gasteiger partial charge in [0.25, 0.3) is 11.8 Å². The topological polar surface area (TPSA) is 105 Å². The van der Waals surface area contributed by atoms with E-state index >= 15 is 0 Å². The number of benzene rings is 1. The monoisotopic (exact) mass is 375 g/mol. The first-order chi connectivity index (χ1) is 12.6. The Kier molecular flexibility index (Phi) is 6.20. The maximum atomic E-state index is 12.7. The van der Waals surface area contributed by atoms with E-state index in [4.69, 9.17) is 4.74 Å². The van der Waals surface area contributed by atoms with E-state index in [-0.39, 0.29) is 5.92 Å². The number of carbonyl (C=O) groups excluding carboxylic acids is 4. The van der Waals surface area contributed by atoms with Crippen LogP contribution >= 0.6 is 0 Å². The van der Waals surface area contributed by atoms with Crippen LogP contribution in [-0.2, 0) is 24.7 Å². The number of rotatable bonds is 7. The van der Waals surface area contributed by atoms with Crippen molar-refractivity contribution in [3.8, 4) is 0 Å². The molecule has 1 aromatic rings. The highest BCUT2D eigenvalue weighted by atomic mass is 16.5. The zero-order valence-corrected chi connectivity index (χ0v) is 16.0. The molecule has 0 spiro atoms. The minimum Gasteiger partial charge on any atom is -0.454 e. The number of nitrogens with zero attached hydrogens (tertiary/aromatic N) is 1. The number of esters is 1. The van der Waals surface area contributed by atoms with Crippen LogP contribution in [0.15, 0.2) is 24.3 Å². The van der Waals surface area contributed by atoms with Crippen molar-refractivity contribution in [3.63, 3.8) is 0 Å². The Balaban J connectivity index is 1.96. The Bertz CT molecular complexity index is 744. The maximum Gasteiger partial charge on any atom is 0.326 e. The van der Waals surface area contributed by atoms with Crippen LogP contribution in [0.25, 0.3) is 0 Å². The summed E-state index contributed by atoms with van der Waals surface area (Å²) >= 11 is 0. The molecule has 1 heterocycles. The maximum absolute atomic E-state index is 12.7. The van der Waals surface area contributed by atoms with E-state index in [2.05, 4.69) is 10.6 Å². The van der Waals surface area contributed by atoms with Crippen LogP contribution in [0.5, 0.6) is 0 Å². The SMILES string of the molecule is Cc1ccc([C@@]2(C)NC(=O)N(CC(=O)OCC(=O)NCC(C)C)C2=O)cc1. The second-order valence-electron chi connectivity index (χ2n) is 7.17.